The average molecular weight is 392 g/mol. The second-order valence-corrected chi connectivity index (χ2v) is 6.47. The van der Waals surface area contributed by atoms with Crippen LogP contribution in [0.5, 0.6) is 0 Å². The van der Waals surface area contributed by atoms with E-state index in [0.717, 1.165) is 12.1 Å². The Labute approximate surface area is 158 Å². The predicted octanol–water partition coefficient (Wildman–Crippen LogP) is 4.02. The third-order valence-electron chi connectivity index (χ3n) is 4.59. The highest BCUT2D eigenvalue weighted by Crippen LogP contribution is 2.33. The summed E-state index contributed by atoms with van der Waals surface area (Å²) in [4.78, 5) is 16.9. The number of hydrogen-bond donors (Lipinski definition) is 1. The van der Waals surface area contributed by atoms with Crippen molar-refractivity contribution in [2.75, 3.05) is 11.9 Å². The molecule has 1 amide bonds. The summed E-state index contributed by atoms with van der Waals surface area (Å²) in [5.41, 5.74) is 0.0422. The van der Waals surface area contributed by atoms with Gasteiger partial charge in [0.25, 0.3) is 0 Å². The Kier molecular flexibility index (Phi) is 5.23. The molecule has 1 aliphatic rings. The first-order valence-electron chi connectivity index (χ1n) is 8.47. The molecule has 0 fully saturated rings. The molecular formula is C19H16F4N4O. The Morgan fingerprint density at radius 3 is 2.71 bits per heavy atom. The molecule has 0 aliphatic carbocycles. The van der Waals surface area contributed by atoms with Gasteiger partial charge in [-0.1, -0.05) is 6.07 Å². The zero-order valence-corrected chi connectivity index (χ0v) is 14.8. The van der Waals surface area contributed by atoms with E-state index in [2.05, 4.69) is 10.3 Å². The van der Waals surface area contributed by atoms with Crippen molar-refractivity contribution >= 4 is 11.7 Å². The smallest absolute Gasteiger partial charge is 0.362 e. The van der Waals surface area contributed by atoms with Gasteiger partial charge in [-0.3, -0.25) is 4.79 Å². The molecule has 0 saturated heterocycles. The summed E-state index contributed by atoms with van der Waals surface area (Å²) >= 11 is 0. The van der Waals surface area contributed by atoms with Crippen molar-refractivity contribution in [1.29, 1.82) is 5.26 Å². The van der Waals surface area contributed by atoms with Crippen LogP contribution in [0.2, 0.25) is 0 Å². The first-order chi connectivity index (χ1) is 13.2. The molecule has 2 heterocycles. The summed E-state index contributed by atoms with van der Waals surface area (Å²) in [6.45, 7) is 1.92. The minimum Gasteiger partial charge on any atom is -0.362 e. The number of halogens is 4. The van der Waals surface area contributed by atoms with E-state index >= 15 is 0 Å². The Balaban J connectivity index is 2.01. The van der Waals surface area contributed by atoms with E-state index in [0.29, 0.717) is 24.1 Å². The lowest BCUT2D eigenvalue weighted by atomic mass is 9.99. The van der Waals surface area contributed by atoms with Crippen LogP contribution in [0.4, 0.5) is 23.4 Å². The normalized spacial score (nSPS) is 16.7. The largest absolute Gasteiger partial charge is 0.433 e. The Morgan fingerprint density at radius 2 is 2.07 bits per heavy atom. The van der Waals surface area contributed by atoms with Gasteiger partial charge in [0, 0.05) is 20.0 Å². The van der Waals surface area contributed by atoms with E-state index in [1.54, 1.807) is 0 Å². The quantitative estimate of drug-likeness (QED) is 0.784. The zero-order chi connectivity index (χ0) is 20.5. The fourth-order valence-corrected chi connectivity index (χ4v) is 3.18. The summed E-state index contributed by atoms with van der Waals surface area (Å²) in [6, 6.07) is 7.18. The van der Waals surface area contributed by atoms with Gasteiger partial charge < -0.3 is 10.2 Å². The molecule has 0 saturated carbocycles. The molecule has 1 N–H and O–H groups in total. The molecular weight excluding hydrogens is 376 g/mol. The molecule has 1 aromatic heterocycles. The van der Waals surface area contributed by atoms with Crippen LogP contribution in [0.3, 0.4) is 0 Å². The van der Waals surface area contributed by atoms with Gasteiger partial charge in [-0.05, 0) is 41.8 Å². The molecule has 2 aromatic rings. The predicted molar refractivity (Wildman–Crippen MR) is 92.4 cm³/mol. The molecule has 0 radical (unpaired) electrons. The number of fused-ring (bicyclic) bond motifs is 1. The number of hydrogen-bond acceptors (Lipinski definition) is 4. The molecule has 3 rings (SSSR count). The number of alkyl halides is 3. The maximum Gasteiger partial charge on any atom is 0.433 e. The lowest BCUT2D eigenvalue weighted by molar-refractivity contribution is -0.141. The van der Waals surface area contributed by atoms with E-state index in [-0.39, 0.29) is 23.8 Å². The van der Waals surface area contributed by atoms with Crippen molar-refractivity contribution in [2.24, 2.45) is 0 Å². The van der Waals surface area contributed by atoms with Crippen molar-refractivity contribution in [1.82, 2.24) is 9.88 Å². The van der Waals surface area contributed by atoms with Gasteiger partial charge in [0.05, 0.1) is 11.6 Å². The number of carbonyl (C=O) groups is 1. The number of aromatic nitrogens is 1. The Hall–Kier alpha value is -3.15. The molecule has 28 heavy (non-hydrogen) atoms. The minimum atomic E-state index is -4.65. The molecule has 5 nitrogen and oxygen atoms in total. The molecule has 1 aromatic carbocycles. The van der Waals surface area contributed by atoms with Crippen LogP contribution >= 0.6 is 0 Å². The van der Waals surface area contributed by atoms with Gasteiger partial charge in [-0.2, -0.15) is 18.4 Å². The van der Waals surface area contributed by atoms with Crippen molar-refractivity contribution in [3.8, 4) is 6.07 Å². The number of benzene rings is 1. The highest BCUT2D eigenvalue weighted by Gasteiger charge is 2.33. The monoisotopic (exact) mass is 392 g/mol. The number of anilines is 1. The third kappa shape index (κ3) is 4.06. The second-order valence-electron chi connectivity index (χ2n) is 6.47. The summed E-state index contributed by atoms with van der Waals surface area (Å²) in [5, 5.41) is 12.1. The lowest BCUT2D eigenvalue weighted by Gasteiger charge is -2.21. The van der Waals surface area contributed by atoms with E-state index in [1.165, 1.54) is 30.0 Å². The van der Waals surface area contributed by atoms with E-state index in [9.17, 15) is 27.6 Å². The number of nitriles is 1. The fourth-order valence-electron chi connectivity index (χ4n) is 3.18. The molecule has 0 bridgehead atoms. The number of nitrogens with one attached hydrogen (secondary N) is 1. The van der Waals surface area contributed by atoms with Gasteiger partial charge in [0.2, 0.25) is 5.91 Å². The van der Waals surface area contributed by atoms with Crippen LogP contribution in [-0.4, -0.2) is 22.3 Å². The van der Waals surface area contributed by atoms with Crippen molar-refractivity contribution in [2.45, 2.75) is 32.1 Å². The number of carbonyl (C=O) groups excluding carboxylic acids is 1. The molecule has 146 valence electrons. The zero-order valence-electron chi connectivity index (χ0n) is 14.8. The van der Waals surface area contributed by atoms with Crippen molar-refractivity contribution in [3.63, 3.8) is 0 Å². The first kappa shape index (κ1) is 19.6. The van der Waals surface area contributed by atoms with Crippen LogP contribution in [0.15, 0.2) is 30.3 Å². The number of rotatable bonds is 2. The summed E-state index contributed by atoms with van der Waals surface area (Å²) in [6.07, 6.45) is -4.29. The molecule has 1 atom stereocenters. The van der Waals surface area contributed by atoms with Gasteiger partial charge in [0.15, 0.2) is 0 Å². The van der Waals surface area contributed by atoms with Gasteiger partial charge in [-0.25, -0.2) is 9.37 Å². The van der Waals surface area contributed by atoms with Crippen LogP contribution in [0.1, 0.15) is 41.8 Å². The molecule has 9 heteroatoms. The van der Waals surface area contributed by atoms with E-state index < -0.39 is 23.7 Å². The third-order valence-corrected chi connectivity index (χ3v) is 4.59. The van der Waals surface area contributed by atoms with Gasteiger partial charge in [0.1, 0.15) is 23.4 Å². The highest BCUT2D eigenvalue weighted by molar-refractivity contribution is 5.73. The number of nitrogens with zero attached hydrogens (tertiary/aromatic N) is 3. The maximum absolute atomic E-state index is 13.7. The summed E-state index contributed by atoms with van der Waals surface area (Å²) in [5.74, 6) is -0.863. The van der Waals surface area contributed by atoms with Gasteiger partial charge >= 0.3 is 6.18 Å². The maximum atomic E-state index is 13.7. The average Bonchev–Trinajstić information content (AvgIpc) is 2.80. The summed E-state index contributed by atoms with van der Waals surface area (Å²) < 4.78 is 52.7. The standard InChI is InChI=1S/C19H16F4N4O/c1-11(28)27-7-6-16(15-4-3-14(20)8-13(15)10-27)25-18-12(9-24)2-5-17(26-18)19(21,22)23/h2-5,8,16H,6-7,10H2,1H3,(H,25,26). The lowest BCUT2D eigenvalue weighted by Crippen LogP contribution is -2.28. The van der Waals surface area contributed by atoms with Gasteiger partial charge in [-0.15, -0.1) is 0 Å². The van der Waals surface area contributed by atoms with Crippen LogP contribution in [0, 0.1) is 17.1 Å². The minimum absolute atomic E-state index is 0.0377. The Bertz CT molecular complexity index is 952. The van der Waals surface area contributed by atoms with Crippen molar-refractivity contribution < 1.29 is 22.4 Å². The Morgan fingerprint density at radius 1 is 1.32 bits per heavy atom. The van der Waals surface area contributed by atoms with Crippen LogP contribution in [-0.2, 0) is 17.5 Å². The molecule has 1 aliphatic heterocycles. The van der Waals surface area contributed by atoms with Crippen molar-refractivity contribution in [3.05, 3.63) is 58.5 Å². The number of amides is 1. The highest BCUT2D eigenvalue weighted by atomic mass is 19.4. The first-order valence-corrected chi connectivity index (χ1v) is 8.47. The topological polar surface area (TPSA) is 69.0 Å². The molecule has 1 unspecified atom stereocenters. The van der Waals surface area contributed by atoms with Crippen LogP contribution in [0.25, 0.3) is 0 Å². The van der Waals surface area contributed by atoms with E-state index in [1.807, 2.05) is 6.07 Å². The molecule has 0 spiro atoms. The van der Waals surface area contributed by atoms with Crippen LogP contribution < -0.4 is 5.32 Å². The SMILES string of the molecule is CC(=O)N1CCC(Nc2nc(C(F)(F)F)ccc2C#N)c2ccc(F)cc2C1. The second kappa shape index (κ2) is 7.46. The van der Waals surface area contributed by atoms with E-state index in [4.69, 9.17) is 0 Å². The number of pyridine rings is 1. The summed E-state index contributed by atoms with van der Waals surface area (Å²) in [7, 11) is 0. The fraction of sp³-hybridized carbons (Fsp3) is 0.316.